The number of benzene rings is 2. The number of carbonyl (C=O) groups is 1. The van der Waals surface area contributed by atoms with Gasteiger partial charge in [0.15, 0.2) is 11.7 Å². The molecule has 23 heavy (non-hydrogen) atoms. The first-order valence-corrected chi connectivity index (χ1v) is 8.31. The highest BCUT2D eigenvalue weighted by molar-refractivity contribution is 7.90. The van der Waals surface area contributed by atoms with Gasteiger partial charge in [0.25, 0.3) is 10.0 Å². The normalized spacial score (nSPS) is 11.5. The fourth-order valence-electron chi connectivity index (χ4n) is 2.37. The highest BCUT2D eigenvalue weighted by atomic mass is 32.2. The second-order valence-corrected chi connectivity index (χ2v) is 6.98. The van der Waals surface area contributed by atoms with Gasteiger partial charge < -0.3 is 0 Å². The van der Waals surface area contributed by atoms with Crippen molar-refractivity contribution in [2.75, 3.05) is 0 Å². The molecule has 0 aliphatic heterocycles. The van der Waals surface area contributed by atoms with E-state index in [1.165, 1.54) is 24.3 Å². The summed E-state index contributed by atoms with van der Waals surface area (Å²) in [6, 6.07) is 12.7. The Labute approximate surface area is 132 Å². The second-order valence-electron chi connectivity index (χ2n) is 5.16. The van der Waals surface area contributed by atoms with Crippen molar-refractivity contribution in [3.05, 3.63) is 76.1 Å². The van der Waals surface area contributed by atoms with E-state index in [2.05, 4.69) is 0 Å². The van der Waals surface area contributed by atoms with E-state index in [1.807, 2.05) is 6.92 Å². The molecule has 116 valence electrons. The second kappa shape index (κ2) is 5.48. The van der Waals surface area contributed by atoms with Crippen molar-refractivity contribution >= 4 is 27.2 Å². The molecule has 0 amide bonds. The Balaban J connectivity index is 2.39. The molecule has 1 aromatic heterocycles. The van der Waals surface area contributed by atoms with Gasteiger partial charge in [-0.2, -0.15) is 0 Å². The van der Waals surface area contributed by atoms with Crippen molar-refractivity contribution in [3.8, 4) is 0 Å². The lowest BCUT2D eigenvalue weighted by atomic mass is 10.1. The monoisotopic (exact) mass is 327 g/mol. The van der Waals surface area contributed by atoms with Crippen LogP contribution in [0.4, 0.5) is 0 Å². The van der Waals surface area contributed by atoms with Gasteiger partial charge in [0.05, 0.1) is 16.0 Å². The fraction of sp³-hybridized carbons (Fsp3) is 0.0588. The zero-order chi connectivity index (χ0) is 16.6. The lowest BCUT2D eigenvalue weighted by Gasteiger charge is -2.13. The third-order valence-electron chi connectivity index (χ3n) is 3.61. The Morgan fingerprint density at radius 3 is 2.30 bits per heavy atom. The molecule has 0 aliphatic rings. The molecule has 0 saturated heterocycles. The van der Waals surface area contributed by atoms with Crippen LogP contribution in [0.3, 0.4) is 0 Å². The number of pyridine rings is 1. The Hall–Kier alpha value is -2.73. The molecule has 0 spiro atoms. The first-order valence-electron chi connectivity index (χ1n) is 6.87. The van der Waals surface area contributed by atoms with Gasteiger partial charge in [-0.15, -0.1) is 0 Å². The summed E-state index contributed by atoms with van der Waals surface area (Å²) in [5.41, 5.74) is 0.497. The van der Waals surface area contributed by atoms with E-state index in [1.54, 1.807) is 24.3 Å². The van der Waals surface area contributed by atoms with Crippen LogP contribution in [0, 0.1) is 6.92 Å². The van der Waals surface area contributed by atoms with Gasteiger partial charge in [0.2, 0.25) is 0 Å². The molecule has 3 aromatic rings. The van der Waals surface area contributed by atoms with E-state index in [4.69, 9.17) is 0 Å². The van der Waals surface area contributed by atoms with Crippen LogP contribution in [0.25, 0.3) is 10.9 Å². The van der Waals surface area contributed by atoms with Crippen LogP contribution in [-0.2, 0) is 10.0 Å². The number of rotatable bonds is 3. The largest absolute Gasteiger partial charge is 0.298 e. The zero-order valence-electron chi connectivity index (χ0n) is 12.3. The lowest BCUT2D eigenvalue weighted by Crippen LogP contribution is -2.20. The molecule has 0 aliphatic carbocycles. The first-order chi connectivity index (χ1) is 10.9. The van der Waals surface area contributed by atoms with Crippen LogP contribution in [0.15, 0.2) is 64.4 Å². The van der Waals surface area contributed by atoms with Crippen LogP contribution >= 0.6 is 0 Å². The predicted octanol–water partition coefficient (Wildman–Crippen LogP) is 2.36. The third-order valence-corrected chi connectivity index (χ3v) is 5.30. The maximum Gasteiger partial charge on any atom is 0.268 e. The van der Waals surface area contributed by atoms with Crippen molar-refractivity contribution in [3.63, 3.8) is 0 Å². The highest BCUT2D eigenvalue weighted by Gasteiger charge is 2.20. The van der Waals surface area contributed by atoms with Crippen LogP contribution in [0.2, 0.25) is 0 Å². The summed E-state index contributed by atoms with van der Waals surface area (Å²) in [5, 5.41) is 0.188. The first kappa shape index (κ1) is 15.2. The molecule has 1 heterocycles. The van der Waals surface area contributed by atoms with E-state index in [-0.39, 0.29) is 21.4 Å². The van der Waals surface area contributed by atoms with Crippen LogP contribution in [-0.4, -0.2) is 18.7 Å². The summed E-state index contributed by atoms with van der Waals surface area (Å²) in [6.45, 7) is 1.86. The van der Waals surface area contributed by atoms with Gasteiger partial charge in [-0.3, -0.25) is 9.59 Å². The number of para-hydroxylation sites is 1. The Kier molecular flexibility index (Phi) is 3.61. The highest BCUT2D eigenvalue weighted by Crippen LogP contribution is 2.20. The van der Waals surface area contributed by atoms with Gasteiger partial charge in [0, 0.05) is 11.6 Å². The average molecular weight is 327 g/mol. The SMILES string of the molecule is Cc1ccc(S(=O)(=O)n2cc(C=O)c(=O)c3ccccc32)cc1. The predicted molar refractivity (Wildman–Crippen MR) is 87.4 cm³/mol. The molecule has 0 saturated carbocycles. The average Bonchev–Trinajstić information content (AvgIpc) is 2.55. The van der Waals surface area contributed by atoms with Crippen molar-refractivity contribution in [2.24, 2.45) is 0 Å². The van der Waals surface area contributed by atoms with E-state index in [9.17, 15) is 18.0 Å². The molecular weight excluding hydrogens is 314 g/mol. The van der Waals surface area contributed by atoms with Crippen LogP contribution in [0.5, 0.6) is 0 Å². The molecule has 0 unspecified atom stereocenters. The standard InChI is InChI=1S/C17H13NO4S/c1-12-6-8-14(9-7-12)23(21,22)18-10-13(11-19)17(20)15-4-2-3-5-16(15)18/h2-11H,1H3. The van der Waals surface area contributed by atoms with Gasteiger partial charge in [-0.05, 0) is 31.2 Å². The van der Waals surface area contributed by atoms with Gasteiger partial charge in [-0.1, -0.05) is 29.8 Å². The molecule has 0 atom stereocenters. The minimum atomic E-state index is -3.91. The minimum Gasteiger partial charge on any atom is -0.298 e. The smallest absolute Gasteiger partial charge is 0.268 e. The summed E-state index contributed by atoms with van der Waals surface area (Å²) in [7, 11) is -3.91. The number of aromatic nitrogens is 1. The topological polar surface area (TPSA) is 73.2 Å². The number of fused-ring (bicyclic) bond motifs is 1. The quantitative estimate of drug-likeness (QED) is 0.692. The molecule has 2 aromatic carbocycles. The van der Waals surface area contributed by atoms with Gasteiger partial charge in [0.1, 0.15) is 0 Å². The Morgan fingerprint density at radius 1 is 1.00 bits per heavy atom. The van der Waals surface area contributed by atoms with Crippen molar-refractivity contribution in [2.45, 2.75) is 11.8 Å². The van der Waals surface area contributed by atoms with Crippen molar-refractivity contribution in [1.82, 2.24) is 3.97 Å². The summed E-state index contributed by atoms with van der Waals surface area (Å²) < 4.78 is 26.8. The summed E-state index contributed by atoms with van der Waals surface area (Å²) in [4.78, 5) is 23.4. The van der Waals surface area contributed by atoms with E-state index >= 15 is 0 Å². The third kappa shape index (κ3) is 2.47. The molecule has 6 heteroatoms. The van der Waals surface area contributed by atoms with E-state index < -0.39 is 15.5 Å². The number of hydrogen-bond acceptors (Lipinski definition) is 4. The molecule has 3 rings (SSSR count). The number of aryl methyl sites for hydroxylation is 1. The van der Waals surface area contributed by atoms with Gasteiger partial charge in [-0.25, -0.2) is 12.4 Å². The maximum atomic E-state index is 12.9. The minimum absolute atomic E-state index is 0.0914. The summed E-state index contributed by atoms with van der Waals surface area (Å²) >= 11 is 0. The Bertz CT molecular complexity index is 1060. The maximum absolute atomic E-state index is 12.9. The van der Waals surface area contributed by atoms with Crippen molar-refractivity contribution in [1.29, 1.82) is 0 Å². The number of hydrogen-bond donors (Lipinski definition) is 0. The fourth-order valence-corrected chi connectivity index (χ4v) is 3.75. The Morgan fingerprint density at radius 2 is 1.65 bits per heavy atom. The molecule has 0 fully saturated rings. The number of aldehydes is 1. The lowest BCUT2D eigenvalue weighted by molar-refractivity contribution is 0.112. The molecular formula is C17H13NO4S. The van der Waals surface area contributed by atoms with Crippen molar-refractivity contribution < 1.29 is 13.2 Å². The zero-order valence-corrected chi connectivity index (χ0v) is 13.1. The molecule has 5 nitrogen and oxygen atoms in total. The number of carbonyl (C=O) groups excluding carboxylic acids is 1. The van der Waals surface area contributed by atoms with Crippen LogP contribution < -0.4 is 5.43 Å². The number of nitrogens with zero attached hydrogens (tertiary/aromatic N) is 1. The van der Waals surface area contributed by atoms with Crippen LogP contribution in [0.1, 0.15) is 15.9 Å². The van der Waals surface area contributed by atoms with Gasteiger partial charge >= 0.3 is 0 Å². The van der Waals surface area contributed by atoms with E-state index in [0.717, 1.165) is 15.7 Å². The van der Waals surface area contributed by atoms with E-state index in [0.29, 0.717) is 6.29 Å². The molecule has 0 radical (unpaired) electrons. The molecule has 0 bridgehead atoms. The summed E-state index contributed by atoms with van der Waals surface area (Å²) in [6.07, 6.45) is 1.45. The summed E-state index contributed by atoms with van der Waals surface area (Å²) in [5.74, 6) is 0. The molecule has 0 N–H and O–H groups in total.